The van der Waals surface area contributed by atoms with Crippen molar-refractivity contribution in [3.63, 3.8) is 0 Å². The molecule has 114 valence electrons. The molecule has 5 nitrogen and oxygen atoms in total. The number of aromatic nitrogens is 1. The molecule has 0 radical (unpaired) electrons. The maximum Gasteiger partial charge on any atom is 0.155 e. The molecule has 0 spiro atoms. The van der Waals surface area contributed by atoms with Crippen molar-refractivity contribution in [3.8, 4) is 17.5 Å². The van der Waals surface area contributed by atoms with Gasteiger partial charge in [0.2, 0.25) is 0 Å². The Hall–Kier alpha value is -3.65. The number of fused-ring (bicyclic) bond motifs is 2. The first kappa shape index (κ1) is 14.0. The van der Waals surface area contributed by atoms with Crippen molar-refractivity contribution in [1.29, 1.82) is 5.26 Å². The topological polar surface area (TPSA) is 82.4 Å². The minimum Gasteiger partial charge on any atom is -0.454 e. The maximum atomic E-state index is 9.30. The Morgan fingerprint density at radius 3 is 2.67 bits per heavy atom. The third-order valence-corrected chi connectivity index (χ3v) is 3.87. The van der Waals surface area contributed by atoms with E-state index in [-0.39, 0.29) is 0 Å². The van der Waals surface area contributed by atoms with Crippen LogP contribution in [0.5, 0.6) is 0 Å². The molecule has 2 aromatic carbocycles. The fourth-order valence-electron chi connectivity index (χ4n) is 2.67. The van der Waals surface area contributed by atoms with Crippen molar-refractivity contribution in [3.05, 3.63) is 71.7 Å². The molecule has 0 amide bonds. The van der Waals surface area contributed by atoms with Crippen LogP contribution in [0.15, 0.2) is 70.4 Å². The van der Waals surface area contributed by atoms with Gasteiger partial charge in [0.05, 0.1) is 11.6 Å². The second-order valence-electron chi connectivity index (χ2n) is 5.34. The predicted octanol–water partition coefficient (Wildman–Crippen LogP) is 3.81. The Balaban J connectivity index is 1.99. The summed E-state index contributed by atoms with van der Waals surface area (Å²) in [4.78, 5) is 4.42. The van der Waals surface area contributed by atoms with Crippen LogP contribution in [0.25, 0.3) is 33.2 Å². The summed E-state index contributed by atoms with van der Waals surface area (Å²) in [5.41, 5.74) is 1.57. The van der Waals surface area contributed by atoms with Crippen LogP contribution >= 0.6 is 0 Å². The van der Waals surface area contributed by atoms with Gasteiger partial charge in [-0.15, -0.1) is 0 Å². The quantitative estimate of drug-likeness (QED) is 0.428. The van der Waals surface area contributed by atoms with E-state index < -0.39 is 0 Å². The van der Waals surface area contributed by atoms with Crippen LogP contribution in [-0.4, -0.2) is 10.2 Å². The van der Waals surface area contributed by atoms with Gasteiger partial charge in [-0.05, 0) is 29.7 Å². The fourth-order valence-corrected chi connectivity index (χ4v) is 2.67. The van der Waals surface area contributed by atoms with Crippen LogP contribution in [-0.2, 0) is 0 Å². The van der Waals surface area contributed by atoms with Gasteiger partial charge in [-0.2, -0.15) is 5.26 Å². The maximum absolute atomic E-state index is 9.30. The summed E-state index contributed by atoms with van der Waals surface area (Å²) in [6.45, 7) is 0. The average Bonchev–Trinajstić information content (AvgIpc) is 2.66. The zero-order valence-electron chi connectivity index (χ0n) is 12.5. The summed E-state index contributed by atoms with van der Waals surface area (Å²) in [5.74, 6) is 0.469. The van der Waals surface area contributed by atoms with Crippen molar-refractivity contribution in [2.75, 3.05) is 0 Å². The van der Waals surface area contributed by atoms with Crippen LogP contribution in [0, 0.1) is 11.3 Å². The van der Waals surface area contributed by atoms with E-state index in [9.17, 15) is 5.21 Å². The Labute approximate surface area is 136 Å². The van der Waals surface area contributed by atoms with Crippen LogP contribution in [0.4, 0.5) is 0 Å². The van der Waals surface area contributed by atoms with Crippen molar-refractivity contribution in [1.82, 2.24) is 4.98 Å². The minimum absolute atomic E-state index is 0.366. The predicted molar refractivity (Wildman–Crippen MR) is 89.0 cm³/mol. The zero-order valence-corrected chi connectivity index (χ0v) is 12.5. The normalized spacial score (nSPS) is 11.7. The number of hydrogen-bond donors (Lipinski definition) is 1. The smallest absolute Gasteiger partial charge is 0.155 e. The standard InChI is InChI=1S/C19H11N3O2/c20-10-12-5-6-15-16(22-23)9-19(24-18(15)7-12)17-8-13-3-1-2-4-14(13)11-21-17/h1-9,11,23H/b22-16+. The summed E-state index contributed by atoms with van der Waals surface area (Å²) in [5, 5.41) is 24.7. The van der Waals surface area contributed by atoms with E-state index in [2.05, 4.69) is 16.2 Å². The van der Waals surface area contributed by atoms with Gasteiger partial charge in [-0.3, -0.25) is 4.98 Å². The van der Waals surface area contributed by atoms with Gasteiger partial charge in [-0.1, -0.05) is 29.4 Å². The van der Waals surface area contributed by atoms with E-state index in [0.717, 1.165) is 10.8 Å². The molecule has 4 aromatic rings. The number of hydrogen-bond acceptors (Lipinski definition) is 5. The molecule has 0 atom stereocenters. The summed E-state index contributed by atoms with van der Waals surface area (Å²) in [6.07, 6.45) is 1.77. The molecule has 0 saturated carbocycles. The lowest BCUT2D eigenvalue weighted by Crippen LogP contribution is -2.03. The van der Waals surface area contributed by atoms with E-state index in [0.29, 0.717) is 33.3 Å². The summed E-state index contributed by atoms with van der Waals surface area (Å²) in [7, 11) is 0. The molecular formula is C19H11N3O2. The molecule has 4 rings (SSSR count). The molecule has 0 aliphatic rings. The molecule has 0 aliphatic carbocycles. The van der Waals surface area contributed by atoms with Crippen molar-refractivity contribution >= 4 is 21.7 Å². The molecule has 5 heteroatoms. The van der Waals surface area contributed by atoms with Gasteiger partial charge < -0.3 is 9.62 Å². The minimum atomic E-state index is 0.366. The molecule has 24 heavy (non-hydrogen) atoms. The SMILES string of the molecule is N#Cc1ccc2/c(=N/O)cc(-c3cc4ccccc4cn3)oc2c1. The molecular weight excluding hydrogens is 302 g/mol. The first-order valence-corrected chi connectivity index (χ1v) is 7.30. The number of nitrogens with zero attached hydrogens (tertiary/aromatic N) is 3. The highest BCUT2D eigenvalue weighted by atomic mass is 16.4. The number of rotatable bonds is 1. The highest BCUT2D eigenvalue weighted by molar-refractivity contribution is 5.85. The van der Waals surface area contributed by atoms with Gasteiger partial charge in [0.1, 0.15) is 16.6 Å². The molecule has 2 aromatic heterocycles. The Kier molecular flexibility index (Phi) is 3.22. The third-order valence-electron chi connectivity index (χ3n) is 3.87. The highest BCUT2D eigenvalue weighted by Crippen LogP contribution is 2.24. The zero-order chi connectivity index (χ0) is 16.5. The molecule has 0 bridgehead atoms. The van der Waals surface area contributed by atoms with Gasteiger partial charge in [0.15, 0.2) is 5.76 Å². The van der Waals surface area contributed by atoms with Gasteiger partial charge in [-0.25, -0.2) is 0 Å². The van der Waals surface area contributed by atoms with Crippen molar-refractivity contribution < 1.29 is 9.62 Å². The fraction of sp³-hybridized carbons (Fsp3) is 0. The molecule has 1 N–H and O–H groups in total. The summed E-state index contributed by atoms with van der Waals surface area (Å²) >= 11 is 0. The van der Waals surface area contributed by atoms with Crippen LogP contribution in [0.2, 0.25) is 0 Å². The summed E-state index contributed by atoms with van der Waals surface area (Å²) < 4.78 is 5.90. The molecule has 0 fully saturated rings. The Morgan fingerprint density at radius 2 is 1.88 bits per heavy atom. The van der Waals surface area contributed by atoms with E-state index in [1.54, 1.807) is 30.5 Å². The Morgan fingerprint density at radius 1 is 1.04 bits per heavy atom. The lowest BCUT2D eigenvalue weighted by atomic mass is 10.1. The van der Waals surface area contributed by atoms with Crippen LogP contribution in [0.3, 0.4) is 0 Å². The van der Waals surface area contributed by atoms with Gasteiger partial charge in [0.25, 0.3) is 0 Å². The average molecular weight is 313 g/mol. The van der Waals surface area contributed by atoms with E-state index in [4.69, 9.17) is 9.68 Å². The molecule has 0 saturated heterocycles. The lowest BCUT2D eigenvalue weighted by Gasteiger charge is -2.05. The molecule has 0 aliphatic heterocycles. The largest absolute Gasteiger partial charge is 0.454 e. The van der Waals surface area contributed by atoms with Crippen molar-refractivity contribution in [2.24, 2.45) is 5.16 Å². The van der Waals surface area contributed by atoms with Gasteiger partial charge in [0, 0.05) is 23.0 Å². The third kappa shape index (κ3) is 2.27. The van der Waals surface area contributed by atoms with E-state index >= 15 is 0 Å². The van der Waals surface area contributed by atoms with E-state index in [1.807, 2.05) is 30.3 Å². The van der Waals surface area contributed by atoms with E-state index in [1.165, 1.54) is 0 Å². The first-order chi connectivity index (χ1) is 11.8. The van der Waals surface area contributed by atoms with Gasteiger partial charge >= 0.3 is 0 Å². The van der Waals surface area contributed by atoms with Crippen molar-refractivity contribution in [2.45, 2.75) is 0 Å². The highest BCUT2D eigenvalue weighted by Gasteiger charge is 2.09. The Bertz CT molecular complexity index is 1190. The second kappa shape index (κ2) is 5.52. The summed E-state index contributed by atoms with van der Waals surface area (Å²) in [6, 6.07) is 18.5. The first-order valence-electron chi connectivity index (χ1n) is 7.30. The van der Waals surface area contributed by atoms with Crippen LogP contribution < -0.4 is 5.36 Å². The number of pyridine rings is 1. The lowest BCUT2D eigenvalue weighted by molar-refractivity contribution is 0.302. The second-order valence-corrected chi connectivity index (χ2v) is 5.34. The monoisotopic (exact) mass is 313 g/mol. The molecule has 2 heterocycles. The number of nitriles is 1. The van der Waals surface area contributed by atoms with Crippen LogP contribution in [0.1, 0.15) is 5.56 Å². The number of benzene rings is 2. The molecule has 0 unspecified atom stereocenters.